The van der Waals surface area contributed by atoms with Crippen molar-refractivity contribution in [1.29, 1.82) is 0 Å². The fourth-order valence-corrected chi connectivity index (χ4v) is 3.01. The second-order valence-electron chi connectivity index (χ2n) is 4.84. The molecular formula is C14H16Br2N2O5. The van der Waals surface area contributed by atoms with Gasteiger partial charge in [0.05, 0.1) is 21.3 Å². The number of hydrogen-bond acceptors (Lipinski definition) is 5. The van der Waals surface area contributed by atoms with Crippen LogP contribution in [-0.2, 0) is 9.59 Å². The average Bonchev–Trinajstić information content (AvgIpc) is 2.38. The van der Waals surface area contributed by atoms with E-state index in [1.165, 1.54) is 6.21 Å². The van der Waals surface area contributed by atoms with E-state index in [2.05, 4.69) is 37.0 Å². The van der Waals surface area contributed by atoms with Gasteiger partial charge in [-0.1, -0.05) is 0 Å². The zero-order chi connectivity index (χ0) is 17.6. The Hall–Kier alpha value is -1.61. The van der Waals surface area contributed by atoms with Gasteiger partial charge in [0.2, 0.25) is 0 Å². The van der Waals surface area contributed by atoms with Crippen molar-refractivity contribution in [1.82, 2.24) is 5.01 Å². The molecule has 23 heavy (non-hydrogen) atoms. The maximum atomic E-state index is 10.7. The van der Waals surface area contributed by atoms with Gasteiger partial charge in [-0.2, -0.15) is 5.10 Å². The van der Waals surface area contributed by atoms with E-state index < -0.39 is 25.0 Å². The summed E-state index contributed by atoms with van der Waals surface area (Å²) in [5.41, 5.74) is 0.653. The molecule has 9 heteroatoms. The lowest BCUT2D eigenvalue weighted by atomic mass is 10.2. The number of carbonyl (C=O) groups is 2. The molecule has 1 rings (SSSR count). The highest BCUT2D eigenvalue weighted by Gasteiger charge is 2.12. The van der Waals surface area contributed by atoms with E-state index >= 15 is 0 Å². The Morgan fingerprint density at radius 1 is 1.22 bits per heavy atom. The second-order valence-corrected chi connectivity index (χ2v) is 6.54. The Morgan fingerprint density at radius 2 is 1.70 bits per heavy atom. The summed E-state index contributed by atoms with van der Waals surface area (Å²) in [7, 11) is 0. The smallest absolute Gasteiger partial charge is 0.324 e. The van der Waals surface area contributed by atoms with Gasteiger partial charge in [0, 0.05) is 0 Å². The summed E-state index contributed by atoms with van der Waals surface area (Å²) >= 11 is 6.79. The number of carboxylic acids is 2. The zero-order valence-electron chi connectivity index (χ0n) is 12.5. The fourth-order valence-electron chi connectivity index (χ4n) is 1.60. The summed E-state index contributed by atoms with van der Waals surface area (Å²) in [6.07, 6.45) is 1.39. The maximum Gasteiger partial charge on any atom is 0.324 e. The first kappa shape index (κ1) is 19.4. The third kappa shape index (κ3) is 7.00. The van der Waals surface area contributed by atoms with Crippen LogP contribution in [0.15, 0.2) is 26.2 Å². The van der Waals surface area contributed by atoms with E-state index in [-0.39, 0.29) is 6.10 Å². The predicted molar refractivity (Wildman–Crippen MR) is 92.0 cm³/mol. The molecule has 7 nitrogen and oxygen atoms in total. The average molecular weight is 452 g/mol. The van der Waals surface area contributed by atoms with E-state index in [0.717, 1.165) is 5.01 Å². The lowest BCUT2D eigenvalue weighted by Gasteiger charge is -2.15. The SMILES string of the molecule is CC(C)Oc1c(Br)cc(/C=N\N(CC(=O)O)CC(=O)O)cc1Br. The van der Waals surface area contributed by atoms with Crippen molar-refractivity contribution < 1.29 is 24.5 Å². The number of carboxylic acid groups (broad SMARTS) is 2. The van der Waals surface area contributed by atoms with Crippen LogP contribution in [0.4, 0.5) is 0 Å². The van der Waals surface area contributed by atoms with Crippen LogP contribution >= 0.6 is 31.9 Å². The standard InChI is InChI=1S/C14H16Br2N2O5/c1-8(2)23-14-10(15)3-9(4-11(14)16)5-17-18(6-12(19)20)7-13(21)22/h3-5,8H,6-7H2,1-2H3,(H,19,20)(H,21,22)/b17-5-. The van der Waals surface area contributed by atoms with Crippen LogP contribution in [0.2, 0.25) is 0 Å². The number of halogens is 2. The van der Waals surface area contributed by atoms with Gasteiger partial charge in [-0.3, -0.25) is 14.6 Å². The van der Waals surface area contributed by atoms with Gasteiger partial charge in [-0.25, -0.2) is 0 Å². The third-order valence-corrected chi connectivity index (χ3v) is 3.56. The van der Waals surface area contributed by atoms with Gasteiger partial charge >= 0.3 is 11.9 Å². The van der Waals surface area contributed by atoms with Crippen LogP contribution in [0.5, 0.6) is 5.75 Å². The molecule has 1 aromatic rings. The van der Waals surface area contributed by atoms with Crippen LogP contribution in [-0.4, -0.2) is 52.6 Å². The molecule has 126 valence electrons. The number of rotatable bonds is 8. The molecule has 2 N–H and O–H groups in total. The van der Waals surface area contributed by atoms with Crippen molar-refractivity contribution in [3.63, 3.8) is 0 Å². The quantitative estimate of drug-likeness (QED) is 0.465. The lowest BCUT2D eigenvalue weighted by molar-refractivity contribution is -0.141. The fraction of sp³-hybridized carbons (Fsp3) is 0.357. The van der Waals surface area contributed by atoms with Crippen LogP contribution in [0, 0.1) is 0 Å². The summed E-state index contributed by atoms with van der Waals surface area (Å²) in [5.74, 6) is -1.68. The van der Waals surface area contributed by atoms with E-state index in [1.807, 2.05) is 13.8 Å². The van der Waals surface area contributed by atoms with Crippen molar-refractivity contribution in [3.05, 3.63) is 26.6 Å². The van der Waals surface area contributed by atoms with Crippen molar-refractivity contribution in [2.45, 2.75) is 20.0 Å². The Kier molecular flexibility index (Phi) is 7.50. The zero-order valence-corrected chi connectivity index (χ0v) is 15.7. The van der Waals surface area contributed by atoms with Gasteiger partial charge < -0.3 is 14.9 Å². The number of hydrogen-bond donors (Lipinski definition) is 2. The molecule has 1 aromatic carbocycles. The first-order chi connectivity index (χ1) is 10.7. The molecule has 0 saturated heterocycles. The molecule has 0 unspecified atom stereocenters. The molecule has 0 heterocycles. The van der Waals surface area contributed by atoms with E-state index in [4.69, 9.17) is 14.9 Å². The van der Waals surface area contributed by atoms with Crippen molar-refractivity contribution in [2.24, 2.45) is 5.10 Å². The van der Waals surface area contributed by atoms with Gasteiger partial charge in [-0.15, -0.1) is 0 Å². The molecule has 0 aliphatic rings. The number of nitrogens with zero attached hydrogens (tertiary/aromatic N) is 2. The largest absolute Gasteiger partial charge is 0.489 e. The summed E-state index contributed by atoms with van der Waals surface area (Å²) in [5, 5.41) is 22.4. The number of benzene rings is 1. The van der Waals surface area contributed by atoms with Gasteiger partial charge in [-0.05, 0) is 63.4 Å². The Bertz CT molecular complexity index is 580. The summed E-state index contributed by atoms with van der Waals surface area (Å²) in [4.78, 5) is 21.4. The lowest BCUT2D eigenvalue weighted by Crippen LogP contribution is -2.30. The van der Waals surface area contributed by atoms with Crippen LogP contribution < -0.4 is 4.74 Å². The molecule has 0 spiro atoms. The molecule has 0 saturated carbocycles. The predicted octanol–water partition coefficient (Wildman–Crippen LogP) is 2.80. The molecular weight excluding hydrogens is 436 g/mol. The number of hydrazone groups is 1. The Balaban J connectivity index is 2.97. The number of ether oxygens (including phenoxy) is 1. The highest BCUT2D eigenvalue weighted by atomic mass is 79.9. The molecule has 0 atom stereocenters. The minimum absolute atomic E-state index is 0.00346. The second kappa shape index (κ2) is 8.88. The normalized spacial score (nSPS) is 11.0. The molecule has 0 bridgehead atoms. The summed E-state index contributed by atoms with van der Waals surface area (Å²) < 4.78 is 7.06. The molecule has 0 amide bonds. The highest BCUT2D eigenvalue weighted by molar-refractivity contribution is 9.11. The van der Waals surface area contributed by atoms with Crippen LogP contribution in [0.3, 0.4) is 0 Å². The minimum Gasteiger partial charge on any atom is -0.489 e. The number of aliphatic carboxylic acids is 2. The monoisotopic (exact) mass is 450 g/mol. The molecule has 0 radical (unpaired) electrons. The first-order valence-electron chi connectivity index (χ1n) is 6.57. The third-order valence-electron chi connectivity index (χ3n) is 2.38. The first-order valence-corrected chi connectivity index (χ1v) is 8.16. The van der Waals surface area contributed by atoms with E-state index in [1.54, 1.807) is 12.1 Å². The maximum absolute atomic E-state index is 10.7. The Morgan fingerprint density at radius 3 is 2.09 bits per heavy atom. The minimum atomic E-state index is -1.16. The van der Waals surface area contributed by atoms with Gasteiger partial charge in [0.15, 0.2) is 0 Å². The van der Waals surface area contributed by atoms with Crippen molar-refractivity contribution >= 4 is 50.0 Å². The van der Waals surface area contributed by atoms with E-state index in [0.29, 0.717) is 20.3 Å². The molecule has 0 aliphatic heterocycles. The summed E-state index contributed by atoms with van der Waals surface area (Å²) in [6, 6.07) is 3.48. The van der Waals surface area contributed by atoms with Gasteiger partial charge in [0.1, 0.15) is 18.8 Å². The molecule has 0 fully saturated rings. The Labute approximate surface area is 150 Å². The van der Waals surface area contributed by atoms with Crippen LogP contribution in [0.1, 0.15) is 19.4 Å². The molecule has 0 aromatic heterocycles. The summed E-state index contributed by atoms with van der Waals surface area (Å²) in [6.45, 7) is 2.81. The molecule has 0 aliphatic carbocycles. The van der Waals surface area contributed by atoms with Crippen molar-refractivity contribution in [3.8, 4) is 5.75 Å². The topological polar surface area (TPSA) is 99.4 Å². The van der Waals surface area contributed by atoms with E-state index in [9.17, 15) is 9.59 Å². The highest BCUT2D eigenvalue weighted by Crippen LogP contribution is 2.35. The van der Waals surface area contributed by atoms with Crippen LogP contribution in [0.25, 0.3) is 0 Å². The van der Waals surface area contributed by atoms with Crippen molar-refractivity contribution in [2.75, 3.05) is 13.1 Å². The van der Waals surface area contributed by atoms with Gasteiger partial charge in [0.25, 0.3) is 0 Å².